The second-order valence-electron chi connectivity index (χ2n) is 2.72. The number of carbonyl (C=O) groups excluding carboxylic acids is 1. The number of methoxy groups -OCH3 is 2. The van der Waals surface area contributed by atoms with Gasteiger partial charge in [-0.15, -0.1) is 0 Å². The Morgan fingerprint density at radius 2 is 1.80 bits per heavy atom. The van der Waals surface area contributed by atoms with Crippen LogP contribution in [0.25, 0.3) is 6.08 Å². The molecule has 0 heterocycles. The molecule has 0 spiro atoms. The molecule has 0 atom stereocenters. The molecular weight excluding hydrogens is 199 g/mol. The Morgan fingerprint density at radius 3 is 2.33 bits per heavy atom. The van der Waals surface area contributed by atoms with E-state index in [9.17, 15) is 9.18 Å². The number of benzene rings is 1. The van der Waals surface area contributed by atoms with E-state index in [-0.39, 0.29) is 5.56 Å². The Bertz CT molecular complexity index is 386. The van der Waals surface area contributed by atoms with Crippen LogP contribution in [0, 0.1) is 5.82 Å². The molecule has 3 nitrogen and oxygen atoms in total. The van der Waals surface area contributed by atoms with Crippen LogP contribution < -0.4 is 9.47 Å². The van der Waals surface area contributed by atoms with Crippen molar-refractivity contribution in [2.45, 2.75) is 0 Å². The van der Waals surface area contributed by atoms with E-state index in [0.29, 0.717) is 17.8 Å². The van der Waals surface area contributed by atoms with Crippen molar-refractivity contribution in [2.75, 3.05) is 14.2 Å². The fourth-order valence-electron chi connectivity index (χ4n) is 1.14. The van der Waals surface area contributed by atoms with E-state index < -0.39 is 5.82 Å². The molecule has 0 radical (unpaired) electrons. The SMILES string of the molecule is COc1cc(F)c(C=CC=O)cc1OC. The summed E-state index contributed by atoms with van der Waals surface area (Å²) in [6.07, 6.45) is 3.16. The van der Waals surface area contributed by atoms with Crippen molar-refractivity contribution in [3.8, 4) is 11.5 Å². The Hall–Kier alpha value is -1.84. The fraction of sp³-hybridized carbons (Fsp3) is 0.182. The summed E-state index contributed by atoms with van der Waals surface area (Å²) >= 11 is 0. The first-order chi connectivity index (χ1) is 7.22. The van der Waals surface area contributed by atoms with Crippen LogP contribution in [0.3, 0.4) is 0 Å². The van der Waals surface area contributed by atoms with Gasteiger partial charge in [-0.25, -0.2) is 4.39 Å². The van der Waals surface area contributed by atoms with Crippen LogP contribution >= 0.6 is 0 Å². The zero-order chi connectivity index (χ0) is 11.3. The third-order valence-electron chi connectivity index (χ3n) is 1.86. The molecule has 4 heteroatoms. The van der Waals surface area contributed by atoms with E-state index in [1.807, 2.05) is 0 Å². The van der Waals surface area contributed by atoms with Gasteiger partial charge in [0.25, 0.3) is 0 Å². The minimum atomic E-state index is -0.467. The zero-order valence-electron chi connectivity index (χ0n) is 8.49. The summed E-state index contributed by atoms with van der Waals surface area (Å²) in [5.41, 5.74) is 0.278. The number of hydrogen-bond donors (Lipinski definition) is 0. The van der Waals surface area contributed by atoms with Crippen LogP contribution in [0.1, 0.15) is 5.56 Å². The monoisotopic (exact) mass is 210 g/mol. The Kier molecular flexibility index (Phi) is 3.85. The van der Waals surface area contributed by atoms with Crippen molar-refractivity contribution >= 4 is 12.4 Å². The highest BCUT2D eigenvalue weighted by Crippen LogP contribution is 2.30. The third-order valence-corrected chi connectivity index (χ3v) is 1.86. The van der Waals surface area contributed by atoms with E-state index >= 15 is 0 Å². The van der Waals surface area contributed by atoms with Crippen molar-refractivity contribution in [2.24, 2.45) is 0 Å². The predicted octanol–water partition coefficient (Wildman–Crippen LogP) is 2.05. The molecular formula is C11H11FO3. The number of halogens is 1. The van der Waals surface area contributed by atoms with Gasteiger partial charge in [0.2, 0.25) is 0 Å². The smallest absolute Gasteiger partial charge is 0.163 e. The van der Waals surface area contributed by atoms with Gasteiger partial charge in [-0.3, -0.25) is 4.79 Å². The largest absolute Gasteiger partial charge is 0.493 e. The van der Waals surface area contributed by atoms with Gasteiger partial charge in [0.05, 0.1) is 14.2 Å². The number of carbonyl (C=O) groups is 1. The molecule has 0 aliphatic heterocycles. The normalized spacial score (nSPS) is 10.3. The first-order valence-corrected chi connectivity index (χ1v) is 4.26. The van der Waals surface area contributed by atoms with Crippen molar-refractivity contribution in [1.29, 1.82) is 0 Å². The van der Waals surface area contributed by atoms with Gasteiger partial charge >= 0.3 is 0 Å². The fourth-order valence-corrected chi connectivity index (χ4v) is 1.14. The molecule has 0 aliphatic rings. The van der Waals surface area contributed by atoms with Crippen molar-refractivity contribution in [3.05, 3.63) is 29.6 Å². The lowest BCUT2D eigenvalue weighted by molar-refractivity contribution is -0.104. The summed E-state index contributed by atoms with van der Waals surface area (Å²) < 4.78 is 23.3. The Balaban J connectivity index is 3.19. The summed E-state index contributed by atoms with van der Waals surface area (Å²) in [6, 6.07) is 2.68. The van der Waals surface area contributed by atoms with E-state index in [1.54, 1.807) is 0 Å². The van der Waals surface area contributed by atoms with Gasteiger partial charge in [-0.1, -0.05) is 0 Å². The summed E-state index contributed by atoms with van der Waals surface area (Å²) in [4.78, 5) is 10.1. The highest BCUT2D eigenvalue weighted by molar-refractivity contribution is 5.74. The molecule has 1 aromatic carbocycles. The van der Waals surface area contributed by atoms with E-state index in [2.05, 4.69) is 0 Å². The van der Waals surface area contributed by atoms with Crippen molar-refractivity contribution in [1.82, 2.24) is 0 Å². The first-order valence-electron chi connectivity index (χ1n) is 4.26. The average Bonchev–Trinajstić information content (AvgIpc) is 2.27. The quantitative estimate of drug-likeness (QED) is 0.563. The summed E-state index contributed by atoms with van der Waals surface area (Å²) in [7, 11) is 2.89. The van der Waals surface area contributed by atoms with E-state index in [1.165, 1.54) is 38.5 Å². The molecule has 0 bridgehead atoms. The topological polar surface area (TPSA) is 35.5 Å². The zero-order valence-corrected chi connectivity index (χ0v) is 8.49. The van der Waals surface area contributed by atoms with Gasteiger partial charge in [0.15, 0.2) is 11.5 Å². The minimum Gasteiger partial charge on any atom is -0.493 e. The molecule has 15 heavy (non-hydrogen) atoms. The van der Waals surface area contributed by atoms with Gasteiger partial charge < -0.3 is 9.47 Å². The summed E-state index contributed by atoms with van der Waals surface area (Å²) in [5.74, 6) is 0.272. The highest BCUT2D eigenvalue weighted by atomic mass is 19.1. The van der Waals surface area contributed by atoms with Crippen molar-refractivity contribution in [3.63, 3.8) is 0 Å². The summed E-state index contributed by atoms with van der Waals surface area (Å²) in [5, 5.41) is 0. The van der Waals surface area contributed by atoms with Crippen LogP contribution in [-0.4, -0.2) is 20.5 Å². The van der Waals surface area contributed by atoms with Crippen LogP contribution in [0.4, 0.5) is 4.39 Å². The van der Waals surface area contributed by atoms with E-state index in [4.69, 9.17) is 9.47 Å². The summed E-state index contributed by atoms with van der Waals surface area (Å²) in [6.45, 7) is 0. The molecule has 0 N–H and O–H groups in total. The lowest BCUT2D eigenvalue weighted by Gasteiger charge is -2.08. The molecule has 0 fully saturated rings. The lowest BCUT2D eigenvalue weighted by atomic mass is 10.1. The molecule has 0 aliphatic carbocycles. The van der Waals surface area contributed by atoms with Gasteiger partial charge in [-0.2, -0.15) is 0 Å². The molecule has 0 saturated heterocycles. The molecule has 1 rings (SSSR count). The van der Waals surface area contributed by atoms with Gasteiger partial charge in [-0.05, 0) is 18.2 Å². The number of ether oxygens (including phenoxy) is 2. The third kappa shape index (κ3) is 2.56. The maximum atomic E-state index is 13.4. The number of allylic oxidation sites excluding steroid dienone is 1. The average molecular weight is 210 g/mol. The molecule has 1 aromatic rings. The Labute approximate surface area is 87.1 Å². The molecule has 80 valence electrons. The lowest BCUT2D eigenvalue weighted by Crippen LogP contribution is -1.93. The number of rotatable bonds is 4. The maximum absolute atomic E-state index is 13.4. The highest BCUT2D eigenvalue weighted by Gasteiger charge is 2.08. The maximum Gasteiger partial charge on any atom is 0.163 e. The van der Waals surface area contributed by atoms with Gasteiger partial charge in [0.1, 0.15) is 12.1 Å². The van der Waals surface area contributed by atoms with Crippen LogP contribution in [-0.2, 0) is 4.79 Å². The second-order valence-corrected chi connectivity index (χ2v) is 2.72. The number of hydrogen-bond acceptors (Lipinski definition) is 3. The van der Waals surface area contributed by atoms with Crippen LogP contribution in [0.15, 0.2) is 18.2 Å². The van der Waals surface area contributed by atoms with Crippen LogP contribution in [0.5, 0.6) is 11.5 Å². The standard InChI is InChI=1S/C11H11FO3/c1-14-10-6-8(4-3-5-13)9(12)7-11(10)15-2/h3-7H,1-2H3. The van der Waals surface area contributed by atoms with Crippen molar-refractivity contribution < 1.29 is 18.7 Å². The molecule has 0 unspecified atom stereocenters. The Morgan fingerprint density at radius 1 is 1.20 bits per heavy atom. The van der Waals surface area contributed by atoms with Gasteiger partial charge in [0, 0.05) is 11.6 Å². The van der Waals surface area contributed by atoms with Crippen LogP contribution in [0.2, 0.25) is 0 Å². The molecule has 0 aromatic heterocycles. The molecule has 0 saturated carbocycles. The minimum absolute atomic E-state index is 0.278. The predicted molar refractivity (Wildman–Crippen MR) is 54.6 cm³/mol. The number of aldehydes is 1. The van der Waals surface area contributed by atoms with E-state index in [0.717, 1.165) is 0 Å². The first kappa shape index (κ1) is 11.2. The molecule has 0 amide bonds. The second kappa shape index (κ2) is 5.14.